The van der Waals surface area contributed by atoms with Crippen molar-refractivity contribution < 1.29 is 94.7 Å². The van der Waals surface area contributed by atoms with Gasteiger partial charge in [-0.15, -0.1) is 0 Å². The Morgan fingerprint density at radius 1 is 0.769 bits per heavy atom. The SMILES string of the molecule is O.OC[C@H]1O[C@@](CO)(O[C@H]2O[C@H](CO)[C@@H](O)[C@H](O)[C@H]2O)[C@@H](O)[C@@H]1O.[Fe].[Fe]. The van der Waals surface area contributed by atoms with Crippen molar-refractivity contribution in [3.63, 3.8) is 0 Å². The molecule has 9 atom stereocenters. The van der Waals surface area contributed by atoms with Crippen LogP contribution in [0.1, 0.15) is 0 Å². The van der Waals surface area contributed by atoms with Gasteiger partial charge in [0.2, 0.25) is 5.79 Å². The van der Waals surface area contributed by atoms with Gasteiger partial charge in [0.15, 0.2) is 6.29 Å². The van der Waals surface area contributed by atoms with E-state index in [1.807, 2.05) is 0 Å². The molecule has 0 aliphatic carbocycles. The summed E-state index contributed by atoms with van der Waals surface area (Å²) in [4.78, 5) is 0. The van der Waals surface area contributed by atoms with E-state index >= 15 is 0 Å². The number of ether oxygens (including phenoxy) is 3. The Hall–Kier alpha value is 0.559. The number of hydrogen-bond donors (Lipinski definition) is 8. The van der Waals surface area contributed by atoms with Gasteiger partial charge in [-0.25, -0.2) is 0 Å². The summed E-state index contributed by atoms with van der Waals surface area (Å²) in [6.45, 7) is -2.32. The molecular weight excluding hydrogens is 448 g/mol. The summed E-state index contributed by atoms with van der Waals surface area (Å²) < 4.78 is 15.4. The normalized spacial score (nSPS) is 45.2. The number of rotatable bonds is 5. The molecule has 0 radical (unpaired) electrons. The zero-order chi connectivity index (χ0) is 17.4. The fourth-order valence-corrected chi connectivity index (χ4v) is 2.63. The number of aliphatic hydroxyl groups excluding tert-OH is 8. The first-order valence-electron chi connectivity index (χ1n) is 7.05. The van der Waals surface area contributed by atoms with Crippen LogP contribution in [-0.2, 0) is 48.3 Å². The Morgan fingerprint density at radius 3 is 1.73 bits per heavy atom. The van der Waals surface area contributed by atoms with Crippen LogP contribution in [0.2, 0.25) is 0 Å². The average Bonchev–Trinajstić information content (AvgIpc) is 2.80. The fraction of sp³-hybridized carbons (Fsp3) is 1.00. The van der Waals surface area contributed by atoms with E-state index in [1.165, 1.54) is 0 Å². The Morgan fingerprint density at radius 2 is 1.31 bits per heavy atom. The van der Waals surface area contributed by atoms with Crippen molar-refractivity contribution in [2.45, 2.75) is 54.8 Å². The van der Waals surface area contributed by atoms with Crippen LogP contribution >= 0.6 is 0 Å². The Bertz CT molecular complexity index is 404. The molecule has 2 rings (SSSR count). The molecule has 160 valence electrons. The third-order valence-electron chi connectivity index (χ3n) is 4.07. The number of hydrogen-bond acceptors (Lipinski definition) is 11. The van der Waals surface area contributed by atoms with E-state index < -0.39 is 74.6 Å². The molecule has 2 aliphatic heterocycles. The summed E-state index contributed by atoms with van der Waals surface area (Å²) in [6, 6.07) is 0. The van der Waals surface area contributed by atoms with Crippen LogP contribution < -0.4 is 0 Å². The minimum Gasteiger partial charge on any atom is -0.412 e. The molecule has 0 amide bonds. The first-order valence-corrected chi connectivity index (χ1v) is 7.05. The van der Waals surface area contributed by atoms with Crippen LogP contribution in [0.25, 0.3) is 0 Å². The molecule has 0 aromatic carbocycles. The van der Waals surface area contributed by atoms with Crippen molar-refractivity contribution in [3.05, 3.63) is 0 Å². The summed E-state index contributed by atoms with van der Waals surface area (Å²) in [5.74, 6) is -2.22. The smallest absolute Gasteiger partial charge is 0.224 e. The quantitative estimate of drug-likeness (QED) is 0.176. The first kappa shape index (κ1) is 28.8. The van der Waals surface area contributed by atoms with Crippen molar-refractivity contribution >= 4 is 0 Å². The molecule has 2 heterocycles. The standard InChI is InChI=1S/C12H22O11.2Fe.H2O/c13-1-4-6(16)8(18)9(19)11(21-4)23-12(3-15)10(20)7(17)5(2-14)22-12;;;/h4-11,13-20H,1-3H2;;;1H2/t4-,5-,6-,7-,8+,9-,10+,11-,12+;;;/m1.../s1. The molecule has 0 spiro atoms. The van der Waals surface area contributed by atoms with Gasteiger partial charge < -0.3 is 60.5 Å². The van der Waals surface area contributed by atoms with E-state index in [1.54, 1.807) is 0 Å². The van der Waals surface area contributed by atoms with E-state index in [4.69, 9.17) is 24.4 Å². The average molecular weight is 472 g/mol. The molecule has 10 N–H and O–H groups in total. The van der Waals surface area contributed by atoms with Gasteiger partial charge in [-0.1, -0.05) is 0 Å². The van der Waals surface area contributed by atoms with Gasteiger partial charge in [0, 0.05) is 34.1 Å². The largest absolute Gasteiger partial charge is 0.412 e. The topological polar surface area (TPSA) is 221 Å². The summed E-state index contributed by atoms with van der Waals surface area (Å²) in [5, 5.41) is 76.7. The maximum atomic E-state index is 10.00. The van der Waals surface area contributed by atoms with Gasteiger partial charge in [0.1, 0.15) is 49.3 Å². The molecule has 0 bridgehead atoms. The molecule has 2 saturated heterocycles. The molecule has 26 heavy (non-hydrogen) atoms. The second-order valence-electron chi connectivity index (χ2n) is 5.56. The predicted octanol–water partition coefficient (Wildman–Crippen LogP) is -6.23. The van der Waals surface area contributed by atoms with Gasteiger partial charge in [-0.2, -0.15) is 0 Å². The van der Waals surface area contributed by atoms with Gasteiger partial charge in [0.25, 0.3) is 0 Å². The molecule has 0 aromatic rings. The van der Waals surface area contributed by atoms with Crippen LogP contribution in [0.15, 0.2) is 0 Å². The second-order valence-corrected chi connectivity index (χ2v) is 5.56. The molecular formula is C12H24Fe2O12. The monoisotopic (exact) mass is 472 g/mol. The first-order chi connectivity index (χ1) is 10.8. The zero-order valence-electron chi connectivity index (χ0n) is 13.2. The minimum absolute atomic E-state index is 0. The van der Waals surface area contributed by atoms with Crippen LogP contribution in [-0.4, -0.2) is 121 Å². The maximum Gasteiger partial charge on any atom is 0.224 e. The van der Waals surface area contributed by atoms with Crippen LogP contribution in [0, 0.1) is 0 Å². The van der Waals surface area contributed by atoms with Crippen LogP contribution in [0.5, 0.6) is 0 Å². The van der Waals surface area contributed by atoms with E-state index in [0.29, 0.717) is 0 Å². The molecule has 14 heteroatoms. The van der Waals surface area contributed by atoms with Crippen molar-refractivity contribution in [3.8, 4) is 0 Å². The second kappa shape index (κ2) is 11.5. The van der Waals surface area contributed by atoms with Gasteiger partial charge >= 0.3 is 0 Å². The third-order valence-corrected chi connectivity index (χ3v) is 4.07. The van der Waals surface area contributed by atoms with Crippen molar-refractivity contribution in [1.29, 1.82) is 0 Å². The molecule has 2 fully saturated rings. The number of aliphatic hydroxyl groups is 8. The van der Waals surface area contributed by atoms with E-state index in [0.717, 1.165) is 0 Å². The molecule has 2 aliphatic rings. The Labute approximate surface area is 169 Å². The van der Waals surface area contributed by atoms with E-state index in [2.05, 4.69) is 0 Å². The maximum absolute atomic E-state index is 10.00. The zero-order valence-corrected chi connectivity index (χ0v) is 15.5. The predicted molar refractivity (Wildman–Crippen MR) is 72.3 cm³/mol. The molecule has 0 saturated carbocycles. The fourth-order valence-electron chi connectivity index (χ4n) is 2.63. The molecule has 0 unspecified atom stereocenters. The molecule has 0 aromatic heterocycles. The summed E-state index contributed by atoms with van der Waals surface area (Å²) in [5.41, 5.74) is 0. The van der Waals surface area contributed by atoms with Gasteiger partial charge in [0.05, 0.1) is 13.2 Å². The van der Waals surface area contributed by atoms with Crippen molar-refractivity contribution in [2.75, 3.05) is 19.8 Å². The summed E-state index contributed by atoms with van der Waals surface area (Å²) >= 11 is 0. The van der Waals surface area contributed by atoms with Crippen molar-refractivity contribution in [2.24, 2.45) is 0 Å². The Kier molecular flexibility index (Phi) is 12.8. The molecule has 12 nitrogen and oxygen atoms in total. The van der Waals surface area contributed by atoms with Gasteiger partial charge in [-0.3, -0.25) is 0 Å². The third kappa shape index (κ3) is 5.13. The minimum atomic E-state index is -2.22. The summed E-state index contributed by atoms with van der Waals surface area (Å²) in [7, 11) is 0. The van der Waals surface area contributed by atoms with Crippen LogP contribution in [0.3, 0.4) is 0 Å². The Balaban J connectivity index is 0. The summed E-state index contributed by atoms with van der Waals surface area (Å²) in [6.07, 6.45) is -12.7. The van der Waals surface area contributed by atoms with Crippen LogP contribution in [0.4, 0.5) is 0 Å². The van der Waals surface area contributed by atoms with Gasteiger partial charge in [-0.05, 0) is 0 Å². The van der Waals surface area contributed by atoms with E-state index in [9.17, 15) is 30.6 Å². The van der Waals surface area contributed by atoms with E-state index in [-0.39, 0.29) is 39.6 Å². The van der Waals surface area contributed by atoms with Crippen molar-refractivity contribution in [1.82, 2.24) is 0 Å².